The molecule has 0 saturated carbocycles. The summed E-state index contributed by atoms with van der Waals surface area (Å²) in [5.74, 6) is 1.35. The quantitative estimate of drug-likeness (QED) is 0.927. The third-order valence-electron chi connectivity index (χ3n) is 3.38. The molecule has 122 valence electrons. The van der Waals surface area contributed by atoms with Crippen LogP contribution in [-0.4, -0.2) is 36.9 Å². The molecule has 1 aliphatic heterocycles. The first-order valence-corrected chi connectivity index (χ1v) is 7.68. The molecule has 1 saturated heterocycles. The number of anilines is 2. The van der Waals surface area contributed by atoms with Crippen LogP contribution in [-0.2, 0) is 4.74 Å². The number of nitrogens with zero attached hydrogens (tertiary/aromatic N) is 2. The number of hydrogen-bond donors (Lipinski definition) is 1. The van der Waals surface area contributed by atoms with Gasteiger partial charge in [0.05, 0.1) is 12.8 Å². The van der Waals surface area contributed by atoms with Crippen LogP contribution in [0.15, 0.2) is 12.3 Å². The number of amides is 1. The third-order valence-corrected chi connectivity index (χ3v) is 3.38. The fraction of sp³-hybridized carbons (Fsp3) is 0.625. The Morgan fingerprint density at radius 3 is 2.55 bits per heavy atom. The fourth-order valence-electron chi connectivity index (χ4n) is 2.48. The molecule has 1 amide bonds. The van der Waals surface area contributed by atoms with Gasteiger partial charge in [-0.05, 0) is 46.1 Å². The number of pyridine rings is 1. The number of piperidine rings is 1. The van der Waals surface area contributed by atoms with Gasteiger partial charge in [0, 0.05) is 19.3 Å². The van der Waals surface area contributed by atoms with Crippen molar-refractivity contribution in [3.8, 4) is 5.75 Å². The molecule has 1 fully saturated rings. The Balaban J connectivity index is 2.19. The molecule has 1 aromatic rings. The lowest BCUT2D eigenvalue weighted by atomic mass is 10.1. The summed E-state index contributed by atoms with van der Waals surface area (Å²) >= 11 is 0. The molecule has 1 aliphatic rings. The molecule has 6 heteroatoms. The summed E-state index contributed by atoms with van der Waals surface area (Å²) < 4.78 is 10.8. The van der Waals surface area contributed by atoms with Gasteiger partial charge in [-0.25, -0.2) is 9.78 Å². The van der Waals surface area contributed by atoms with Gasteiger partial charge in [-0.3, -0.25) is 5.32 Å². The Bertz CT molecular complexity index is 520. The summed E-state index contributed by atoms with van der Waals surface area (Å²) in [4.78, 5) is 18.6. The lowest BCUT2D eigenvalue weighted by molar-refractivity contribution is 0.0635. The zero-order valence-electron chi connectivity index (χ0n) is 13.8. The molecular weight excluding hydrogens is 282 g/mol. The average molecular weight is 307 g/mol. The van der Waals surface area contributed by atoms with E-state index in [2.05, 4.69) is 15.2 Å². The molecule has 6 nitrogen and oxygen atoms in total. The highest BCUT2D eigenvalue weighted by atomic mass is 16.6. The number of hydrogen-bond acceptors (Lipinski definition) is 5. The lowest BCUT2D eigenvalue weighted by Gasteiger charge is -2.29. The normalized spacial score (nSPS) is 15.4. The van der Waals surface area contributed by atoms with Gasteiger partial charge in [-0.1, -0.05) is 0 Å². The van der Waals surface area contributed by atoms with Crippen LogP contribution >= 0.6 is 0 Å². The van der Waals surface area contributed by atoms with Crippen molar-refractivity contribution >= 4 is 17.6 Å². The van der Waals surface area contributed by atoms with Crippen LogP contribution in [0.3, 0.4) is 0 Å². The average Bonchev–Trinajstić information content (AvgIpc) is 2.46. The predicted molar refractivity (Wildman–Crippen MR) is 86.7 cm³/mol. The van der Waals surface area contributed by atoms with E-state index in [-0.39, 0.29) is 0 Å². The fourth-order valence-corrected chi connectivity index (χ4v) is 2.48. The molecule has 0 aliphatic carbocycles. The minimum atomic E-state index is -0.542. The second kappa shape index (κ2) is 6.85. The van der Waals surface area contributed by atoms with Crippen molar-refractivity contribution in [3.63, 3.8) is 0 Å². The van der Waals surface area contributed by atoms with E-state index in [1.54, 1.807) is 19.4 Å². The van der Waals surface area contributed by atoms with Crippen LogP contribution in [0.2, 0.25) is 0 Å². The molecule has 22 heavy (non-hydrogen) atoms. The summed E-state index contributed by atoms with van der Waals surface area (Å²) in [6.45, 7) is 7.40. The Hall–Kier alpha value is -1.98. The Morgan fingerprint density at radius 1 is 1.27 bits per heavy atom. The van der Waals surface area contributed by atoms with Gasteiger partial charge in [0.25, 0.3) is 0 Å². The third kappa shape index (κ3) is 4.26. The standard InChI is InChI=1S/C16H25N3O3/c1-16(2,3)22-15(20)18-12-8-9-17-14(13(12)21-4)19-10-6-5-7-11-19/h8-9H,5-7,10-11H2,1-4H3,(H,17,18,20). The van der Waals surface area contributed by atoms with Crippen molar-refractivity contribution in [3.05, 3.63) is 12.3 Å². The van der Waals surface area contributed by atoms with Gasteiger partial charge in [-0.2, -0.15) is 0 Å². The van der Waals surface area contributed by atoms with Crippen molar-refractivity contribution < 1.29 is 14.3 Å². The Kier molecular flexibility index (Phi) is 5.11. The molecule has 0 radical (unpaired) electrons. The SMILES string of the molecule is COc1c(NC(=O)OC(C)(C)C)ccnc1N1CCCCC1. The predicted octanol–water partition coefficient (Wildman–Crippen LogP) is 3.43. The Morgan fingerprint density at radius 2 is 1.95 bits per heavy atom. The molecule has 2 rings (SSSR count). The van der Waals surface area contributed by atoms with E-state index in [1.807, 2.05) is 20.8 Å². The van der Waals surface area contributed by atoms with E-state index in [0.29, 0.717) is 11.4 Å². The van der Waals surface area contributed by atoms with Crippen LogP contribution in [0.5, 0.6) is 5.75 Å². The highest BCUT2D eigenvalue weighted by Gasteiger charge is 2.22. The van der Waals surface area contributed by atoms with Crippen LogP contribution in [0.4, 0.5) is 16.3 Å². The maximum absolute atomic E-state index is 12.0. The highest BCUT2D eigenvalue weighted by molar-refractivity contribution is 5.88. The van der Waals surface area contributed by atoms with Crippen molar-refractivity contribution in [2.45, 2.75) is 45.6 Å². The van der Waals surface area contributed by atoms with Crippen LogP contribution in [0.1, 0.15) is 40.0 Å². The molecule has 0 spiro atoms. The lowest BCUT2D eigenvalue weighted by Crippen LogP contribution is -2.31. The summed E-state index contributed by atoms with van der Waals surface area (Å²) in [6.07, 6.45) is 4.72. The van der Waals surface area contributed by atoms with E-state index in [9.17, 15) is 4.79 Å². The number of carbonyl (C=O) groups is 1. The van der Waals surface area contributed by atoms with Gasteiger partial charge < -0.3 is 14.4 Å². The van der Waals surface area contributed by atoms with Gasteiger partial charge in [0.2, 0.25) is 0 Å². The number of nitrogens with one attached hydrogen (secondary N) is 1. The van der Waals surface area contributed by atoms with Crippen molar-refractivity contribution in [1.82, 2.24) is 4.98 Å². The van der Waals surface area contributed by atoms with E-state index in [4.69, 9.17) is 9.47 Å². The molecule has 2 heterocycles. The first kappa shape index (κ1) is 16.4. The van der Waals surface area contributed by atoms with Gasteiger partial charge in [-0.15, -0.1) is 0 Å². The number of rotatable bonds is 3. The highest BCUT2D eigenvalue weighted by Crippen LogP contribution is 2.35. The smallest absolute Gasteiger partial charge is 0.412 e. The summed E-state index contributed by atoms with van der Waals surface area (Å²) in [7, 11) is 1.59. The molecule has 0 aromatic carbocycles. The molecule has 1 N–H and O–H groups in total. The van der Waals surface area contributed by atoms with E-state index >= 15 is 0 Å². The van der Waals surface area contributed by atoms with Gasteiger partial charge in [0.15, 0.2) is 11.6 Å². The first-order chi connectivity index (χ1) is 10.4. The molecule has 1 aromatic heterocycles. The summed E-state index contributed by atoms with van der Waals surface area (Å²) in [5, 5.41) is 2.74. The van der Waals surface area contributed by atoms with E-state index in [1.165, 1.54) is 6.42 Å². The van der Waals surface area contributed by atoms with E-state index in [0.717, 1.165) is 31.7 Å². The molecular formula is C16H25N3O3. The second-order valence-corrected chi connectivity index (χ2v) is 6.39. The zero-order chi connectivity index (χ0) is 16.2. The monoisotopic (exact) mass is 307 g/mol. The maximum Gasteiger partial charge on any atom is 0.412 e. The van der Waals surface area contributed by atoms with Crippen LogP contribution in [0, 0.1) is 0 Å². The summed E-state index contributed by atoms with van der Waals surface area (Å²) in [6, 6.07) is 1.72. The first-order valence-electron chi connectivity index (χ1n) is 7.68. The molecule has 0 unspecified atom stereocenters. The van der Waals surface area contributed by atoms with E-state index < -0.39 is 11.7 Å². The number of carbonyl (C=O) groups excluding carboxylic acids is 1. The number of methoxy groups -OCH3 is 1. The number of aromatic nitrogens is 1. The van der Waals surface area contributed by atoms with Crippen molar-refractivity contribution in [2.24, 2.45) is 0 Å². The zero-order valence-corrected chi connectivity index (χ0v) is 13.8. The van der Waals surface area contributed by atoms with Crippen LogP contribution in [0.25, 0.3) is 0 Å². The topological polar surface area (TPSA) is 63.7 Å². The summed E-state index contributed by atoms with van der Waals surface area (Å²) in [5.41, 5.74) is 0.0346. The van der Waals surface area contributed by atoms with Gasteiger partial charge in [0.1, 0.15) is 5.60 Å². The minimum Gasteiger partial charge on any atom is -0.491 e. The number of ether oxygens (including phenoxy) is 2. The molecule has 0 bridgehead atoms. The van der Waals surface area contributed by atoms with Crippen molar-refractivity contribution in [2.75, 3.05) is 30.4 Å². The minimum absolute atomic E-state index is 0.499. The van der Waals surface area contributed by atoms with Gasteiger partial charge >= 0.3 is 6.09 Å². The second-order valence-electron chi connectivity index (χ2n) is 6.39. The largest absolute Gasteiger partial charge is 0.491 e. The Labute approximate surface area is 131 Å². The van der Waals surface area contributed by atoms with Crippen LogP contribution < -0.4 is 15.0 Å². The maximum atomic E-state index is 12.0. The molecule has 0 atom stereocenters. The van der Waals surface area contributed by atoms with Crippen molar-refractivity contribution in [1.29, 1.82) is 0 Å².